The molecule has 0 atom stereocenters. The first-order valence-corrected chi connectivity index (χ1v) is 7.16. The Bertz CT molecular complexity index is 674. The van der Waals surface area contributed by atoms with Gasteiger partial charge in [0.1, 0.15) is 0 Å². The molecule has 0 aliphatic rings. The summed E-state index contributed by atoms with van der Waals surface area (Å²) in [4.78, 5) is 12.1. The summed E-state index contributed by atoms with van der Waals surface area (Å²) in [6.07, 6.45) is 0. The molecule has 0 spiro atoms. The molecule has 0 radical (unpaired) electrons. The Hall–Kier alpha value is -1.91. The Kier molecular flexibility index (Phi) is 4.94. The molecule has 0 heterocycles. The Labute approximate surface area is 133 Å². The molecule has 0 fully saturated rings. The fourth-order valence-corrected chi connectivity index (χ4v) is 2.31. The minimum atomic E-state index is -0.197. The highest BCUT2D eigenvalue weighted by atomic mass is 35.5. The van der Waals surface area contributed by atoms with Crippen LogP contribution >= 0.6 is 23.2 Å². The van der Waals surface area contributed by atoms with Gasteiger partial charge >= 0.3 is 0 Å². The van der Waals surface area contributed by atoms with Gasteiger partial charge in [-0.05, 0) is 43.3 Å². The SMILES string of the molecule is CCNC(=O)c1cc(N)ccc1Nc1ccc(Cl)cc1Cl. The normalized spacial score (nSPS) is 10.2. The van der Waals surface area contributed by atoms with Crippen molar-refractivity contribution in [2.45, 2.75) is 6.92 Å². The third-order valence-corrected chi connectivity index (χ3v) is 3.37. The molecular weight excluding hydrogens is 309 g/mol. The number of amides is 1. The average molecular weight is 324 g/mol. The van der Waals surface area contributed by atoms with Crippen molar-refractivity contribution < 1.29 is 4.79 Å². The Morgan fingerprint density at radius 2 is 1.86 bits per heavy atom. The molecule has 0 aromatic heterocycles. The van der Waals surface area contributed by atoms with Gasteiger partial charge in [-0.15, -0.1) is 0 Å². The van der Waals surface area contributed by atoms with E-state index in [1.807, 2.05) is 6.92 Å². The van der Waals surface area contributed by atoms with E-state index < -0.39 is 0 Å². The number of carbonyl (C=O) groups excluding carboxylic acids is 1. The molecule has 2 aromatic rings. The van der Waals surface area contributed by atoms with Crippen LogP contribution in [0.5, 0.6) is 0 Å². The molecule has 0 aliphatic carbocycles. The Balaban J connectivity index is 2.37. The molecule has 0 aliphatic heterocycles. The third-order valence-electron chi connectivity index (χ3n) is 2.83. The van der Waals surface area contributed by atoms with Crippen molar-refractivity contribution in [3.05, 3.63) is 52.0 Å². The van der Waals surface area contributed by atoms with E-state index in [4.69, 9.17) is 28.9 Å². The maximum Gasteiger partial charge on any atom is 0.253 e. The number of nitrogens with two attached hydrogens (primary N) is 1. The lowest BCUT2D eigenvalue weighted by atomic mass is 10.1. The van der Waals surface area contributed by atoms with Crippen molar-refractivity contribution in [2.24, 2.45) is 0 Å². The zero-order chi connectivity index (χ0) is 15.4. The molecule has 4 N–H and O–H groups in total. The van der Waals surface area contributed by atoms with E-state index in [0.29, 0.717) is 39.2 Å². The first kappa shape index (κ1) is 15.5. The van der Waals surface area contributed by atoms with Crippen molar-refractivity contribution in [3.63, 3.8) is 0 Å². The van der Waals surface area contributed by atoms with Crippen LogP contribution in [0.25, 0.3) is 0 Å². The van der Waals surface area contributed by atoms with Crippen LogP contribution < -0.4 is 16.4 Å². The highest BCUT2D eigenvalue weighted by Crippen LogP contribution is 2.30. The average Bonchev–Trinajstić information content (AvgIpc) is 2.43. The number of benzene rings is 2. The van der Waals surface area contributed by atoms with Crippen molar-refractivity contribution in [1.29, 1.82) is 0 Å². The lowest BCUT2D eigenvalue weighted by Gasteiger charge is -2.14. The molecular formula is C15H15Cl2N3O. The largest absolute Gasteiger partial charge is 0.399 e. The zero-order valence-corrected chi connectivity index (χ0v) is 12.9. The zero-order valence-electron chi connectivity index (χ0n) is 11.4. The molecule has 6 heteroatoms. The highest BCUT2D eigenvalue weighted by Gasteiger charge is 2.12. The van der Waals surface area contributed by atoms with Crippen LogP contribution in [0.15, 0.2) is 36.4 Å². The van der Waals surface area contributed by atoms with Crippen LogP contribution in [-0.4, -0.2) is 12.5 Å². The first-order valence-electron chi connectivity index (χ1n) is 6.41. The van der Waals surface area contributed by atoms with Crippen LogP contribution in [0.3, 0.4) is 0 Å². The van der Waals surface area contributed by atoms with Crippen molar-refractivity contribution >= 4 is 46.2 Å². The molecule has 0 bridgehead atoms. The second-order valence-corrected chi connectivity index (χ2v) is 5.26. The summed E-state index contributed by atoms with van der Waals surface area (Å²) in [5, 5.41) is 6.90. The van der Waals surface area contributed by atoms with E-state index in [2.05, 4.69) is 10.6 Å². The topological polar surface area (TPSA) is 67.2 Å². The van der Waals surface area contributed by atoms with Gasteiger partial charge in [0.05, 0.1) is 22.0 Å². The molecule has 2 rings (SSSR count). The molecule has 0 saturated heterocycles. The summed E-state index contributed by atoms with van der Waals surface area (Å²) < 4.78 is 0. The van der Waals surface area contributed by atoms with Gasteiger partial charge < -0.3 is 16.4 Å². The summed E-state index contributed by atoms with van der Waals surface area (Å²) in [7, 11) is 0. The molecule has 2 aromatic carbocycles. The van der Waals surface area contributed by atoms with E-state index in [9.17, 15) is 4.79 Å². The minimum Gasteiger partial charge on any atom is -0.399 e. The fourth-order valence-electron chi connectivity index (χ4n) is 1.85. The number of nitrogen functional groups attached to an aromatic ring is 1. The van der Waals surface area contributed by atoms with Crippen LogP contribution in [0, 0.1) is 0 Å². The second-order valence-electron chi connectivity index (χ2n) is 4.41. The van der Waals surface area contributed by atoms with E-state index in [-0.39, 0.29) is 5.91 Å². The van der Waals surface area contributed by atoms with Crippen LogP contribution in [-0.2, 0) is 0 Å². The van der Waals surface area contributed by atoms with Gasteiger partial charge in [-0.25, -0.2) is 0 Å². The van der Waals surface area contributed by atoms with Gasteiger partial charge in [-0.1, -0.05) is 23.2 Å². The predicted molar refractivity (Wildman–Crippen MR) is 88.6 cm³/mol. The van der Waals surface area contributed by atoms with Gasteiger partial charge in [-0.2, -0.15) is 0 Å². The van der Waals surface area contributed by atoms with Gasteiger partial charge in [-0.3, -0.25) is 4.79 Å². The lowest BCUT2D eigenvalue weighted by molar-refractivity contribution is 0.0956. The number of hydrogen-bond donors (Lipinski definition) is 3. The van der Waals surface area contributed by atoms with Crippen LogP contribution in [0.2, 0.25) is 10.0 Å². The van der Waals surface area contributed by atoms with Gasteiger partial charge in [0.15, 0.2) is 0 Å². The fraction of sp³-hybridized carbons (Fsp3) is 0.133. The summed E-state index contributed by atoms with van der Waals surface area (Å²) in [6.45, 7) is 2.39. The second kappa shape index (κ2) is 6.70. The van der Waals surface area contributed by atoms with Crippen LogP contribution in [0.1, 0.15) is 17.3 Å². The Morgan fingerprint density at radius 1 is 1.14 bits per heavy atom. The first-order chi connectivity index (χ1) is 10.0. The maximum absolute atomic E-state index is 12.1. The number of hydrogen-bond acceptors (Lipinski definition) is 3. The molecule has 1 amide bonds. The highest BCUT2D eigenvalue weighted by molar-refractivity contribution is 6.36. The van der Waals surface area contributed by atoms with Crippen molar-refractivity contribution in [1.82, 2.24) is 5.32 Å². The molecule has 0 saturated carbocycles. The van der Waals surface area contributed by atoms with Gasteiger partial charge in [0, 0.05) is 17.3 Å². The van der Waals surface area contributed by atoms with Crippen LogP contribution in [0.4, 0.5) is 17.1 Å². The minimum absolute atomic E-state index is 0.197. The monoisotopic (exact) mass is 323 g/mol. The smallest absolute Gasteiger partial charge is 0.253 e. The molecule has 21 heavy (non-hydrogen) atoms. The quantitative estimate of drug-likeness (QED) is 0.743. The molecule has 110 valence electrons. The number of nitrogens with one attached hydrogen (secondary N) is 2. The van der Waals surface area contributed by atoms with Gasteiger partial charge in [0.25, 0.3) is 5.91 Å². The van der Waals surface area contributed by atoms with Crippen molar-refractivity contribution in [2.75, 3.05) is 17.6 Å². The van der Waals surface area contributed by atoms with Gasteiger partial charge in [0.2, 0.25) is 0 Å². The van der Waals surface area contributed by atoms with Crippen molar-refractivity contribution in [3.8, 4) is 0 Å². The summed E-state index contributed by atoms with van der Waals surface area (Å²) in [5.74, 6) is -0.197. The summed E-state index contributed by atoms with van der Waals surface area (Å²) in [5.41, 5.74) is 8.02. The summed E-state index contributed by atoms with van der Waals surface area (Å²) in [6, 6.07) is 10.2. The molecule has 0 unspecified atom stereocenters. The number of carbonyl (C=O) groups is 1. The number of rotatable bonds is 4. The Morgan fingerprint density at radius 3 is 2.52 bits per heavy atom. The van der Waals surface area contributed by atoms with E-state index >= 15 is 0 Å². The maximum atomic E-state index is 12.1. The third kappa shape index (κ3) is 3.80. The number of halogens is 2. The van der Waals surface area contributed by atoms with E-state index in [1.165, 1.54) is 0 Å². The number of anilines is 3. The lowest BCUT2D eigenvalue weighted by Crippen LogP contribution is -2.23. The summed E-state index contributed by atoms with van der Waals surface area (Å²) >= 11 is 12.0. The predicted octanol–water partition coefficient (Wildman–Crippen LogP) is 4.07. The standard InChI is InChI=1S/C15H15Cl2N3O/c1-2-19-15(21)11-8-10(18)4-6-13(11)20-14-5-3-9(16)7-12(14)17/h3-8,20H,2,18H2,1H3,(H,19,21). The van der Waals surface area contributed by atoms with E-state index in [1.54, 1.807) is 36.4 Å². The molecule has 4 nitrogen and oxygen atoms in total. The van der Waals surface area contributed by atoms with E-state index in [0.717, 1.165) is 0 Å².